The monoisotopic (exact) mass is 410 g/mol. The molecule has 0 unspecified atom stereocenters. The number of aromatic nitrogens is 3. The number of anilines is 1. The Morgan fingerprint density at radius 3 is 2.28 bits per heavy atom. The van der Waals surface area contributed by atoms with Crippen LogP contribution in [0.3, 0.4) is 0 Å². The van der Waals surface area contributed by atoms with Gasteiger partial charge in [-0.1, -0.05) is 12.1 Å². The van der Waals surface area contributed by atoms with E-state index < -0.39 is 10.0 Å². The molecular formula is C22H26N4O2S. The van der Waals surface area contributed by atoms with E-state index >= 15 is 0 Å². The zero-order chi connectivity index (χ0) is 20.9. The second-order valence-corrected chi connectivity index (χ2v) is 9.45. The number of benzene rings is 2. The molecule has 0 saturated carbocycles. The van der Waals surface area contributed by atoms with E-state index in [2.05, 4.69) is 19.5 Å². The van der Waals surface area contributed by atoms with Crippen LogP contribution in [0.2, 0.25) is 0 Å². The number of sulfonamides is 1. The first-order valence-corrected chi connectivity index (χ1v) is 11.3. The summed E-state index contributed by atoms with van der Waals surface area (Å²) in [5.41, 5.74) is 6.14. The maximum Gasteiger partial charge on any atom is 0.262 e. The van der Waals surface area contributed by atoms with Crippen LogP contribution in [0, 0.1) is 34.6 Å². The lowest BCUT2D eigenvalue weighted by Crippen LogP contribution is -2.17. The summed E-state index contributed by atoms with van der Waals surface area (Å²) >= 11 is 0. The normalized spacial score (nSPS) is 13.6. The zero-order valence-electron chi connectivity index (χ0n) is 17.5. The minimum absolute atomic E-state index is 0.367. The van der Waals surface area contributed by atoms with E-state index in [-0.39, 0.29) is 0 Å². The Balaban J connectivity index is 1.73. The molecule has 0 spiro atoms. The van der Waals surface area contributed by atoms with Crippen LogP contribution in [0.4, 0.5) is 5.69 Å². The van der Waals surface area contributed by atoms with Crippen LogP contribution in [-0.2, 0) is 23.0 Å². The van der Waals surface area contributed by atoms with Crippen molar-refractivity contribution in [3.63, 3.8) is 0 Å². The molecule has 0 fully saturated rings. The quantitative estimate of drug-likeness (QED) is 0.698. The van der Waals surface area contributed by atoms with Gasteiger partial charge in [-0.15, -0.1) is 10.2 Å². The average Bonchev–Trinajstić information content (AvgIpc) is 3.28. The summed E-state index contributed by atoms with van der Waals surface area (Å²) in [6.07, 6.45) is 2.00. The van der Waals surface area contributed by atoms with Crippen LogP contribution in [0.25, 0.3) is 11.4 Å². The van der Waals surface area contributed by atoms with Gasteiger partial charge in [0, 0.05) is 24.2 Å². The first kappa shape index (κ1) is 19.6. The van der Waals surface area contributed by atoms with Crippen molar-refractivity contribution < 1.29 is 8.42 Å². The van der Waals surface area contributed by atoms with Gasteiger partial charge in [0.1, 0.15) is 5.82 Å². The van der Waals surface area contributed by atoms with Gasteiger partial charge >= 0.3 is 0 Å². The fourth-order valence-corrected chi connectivity index (χ4v) is 5.81. The summed E-state index contributed by atoms with van der Waals surface area (Å²) in [6.45, 7) is 10.6. The molecule has 0 atom stereocenters. The van der Waals surface area contributed by atoms with Crippen LogP contribution in [0.15, 0.2) is 29.2 Å². The number of rotatable bonds is 4. The van der Waals surface area contributed by atoms with Gasteiger partial charge in [0.2, 0.25) is 0 Å². The highest BCUT2D eigenvalue weighted by Gasteiger charge is 2.24. The fraction of sp³-hybridized carbons (Fsp3) is 0.364. The first-order chi connectivity index (χ1) is 13.7. The van der Waals surface area contributed by atoms with Crippen molar-refractivity contribution in [3.05, 3.63) is 57.9 Å². The highest BCUT2D eigenvalue weighted by atomic mass is 32.2. The maximum absolute atomic E-state index is 13.3. The van der Waals surface area contributed by atoms with E-state index in [4.69, 9.17) is 0 Å². The number of hydrogen-bond donors (Lipinski definition) is 1. The molecule has 6 nitrogen and oxygen atoms in total. The lowest BCUT2D eigenvalue weighted by molar-refractivity contribution is 0.599. The van der Waals surface area contributed by atoms with Crippen LogP contribution >= 0.6 is 0 Å². The second-order valence-electron chi connectivity index (χ2n) is 7.84. The SMILES string of the molecule is Cc1c(C)c(C)c(S(=O)(=O)Nc2cccc(-c3nnc4n3CCC4)c2)c(C)c1C. The molecule has 0 aliphatic carbocycles. The van der Waals surface area contributed by atoms with E-state index in [0.29, 0.717) is 10.6 Å². The number of nitrogens with one attached hydrogen (secondary N) is 1. The first-order valence-electron chi connectivity index (χ1n) is 9.83. The van der Waals surface area contributed by atoms with Gasteiger partial charge < -0.3 is 4.57 Å². The predicted molar refractivity (Wildman–Crippen MR) is 115 cm³/mol. The van der Waals surface area contributed by atoms with Crippen molar-refractivity contribution in [1.82, 2.24) is 14.8 Å². The van der Waals surface area contributed by atoms with Crippen LogP contribution < -0.4 is 4.72 Å². The third-order valence-electron chi connectivity index (χ3n) is 6.18. The molecule has 29 heavy (non-hydrogen) atoms. The van der Waals surface area contributed by atoms with E-state index in [1.807, 2.05) is 52.8 Å². The van der Waals surface area contributed by atoms with Gasteiger partial charge in [0.25, 0.3) is 10.0 Å². The van der Waals surface area contributed by atoms with E-state index in [9.17, 15) is 8.42 Å². The number of aryl methyl sites for hydroxylation is 1. The van der Waals surface area contributed by atoms with Crippen LogP contribution in [0.1, 0.15) is 40.1 Å². The van der Waals surface area contributed by atoms with Crippen molar-refractivity contribution >= 4 is 15.7 Å². The Bertz CT molecular complexity index is 1200. The molecule has 3 aromatic rings. The number of hydrogen-bond acceptors (Lipinski definition) is 4. The smallest absolute Gasteiger partial charge is 0.262 e. The van der Waals surface area contributed by atoms with Crippen molar-refractivity contribution in [1.29, 1.82) is 0 Å². The summed E-state index contributed by atoms with van der Waals surface area (Å²) < 4.78 is 31.5. The Morgan fingerprint density at radius 1 is 0.931 bits per heavy atom. The lowest BCUT2D eigenvalue weighted by Gasteiger charge is -2.19. The van der Waals surface area contributed by atoms with Gasteiger partial charge in [0.05, 0.1) is 4.90 Å². The predicted octanol–water partition coefficient (Wildman–Crippen LogP) is 4.23. The third-order valence-corrected chi connectivity index (χ3v) is 7.84. The largest absolute Gasteiger partial charge is 0.311 e. The summed E-state index contributed by atoms with van der Waals surface area (Å²) in [7, 11) is -3.73. The molecular weight excluding hydrogens is 384 g/mol. The summed E-state index contributed by atoms with van der Waals surface area (Å²) in [5, 5.41) is 8.55. The molecule has 0 saturated heterocycles. The van der Waals surface area contributed by atoms with E-state index in [0.717, 1.165) is 64.4 Å². The lowest BCUT2D eigenvalue weighted by atomic mass is 9.95. The minimum Gasteiger partial charge on any atom is -0.311 e. The highest BCUT2D eigenvalue weighted by molar-refractivity contribution is 7.92. The second kappa shape index (κ2) is 6.99. The molecule has 2 aromatic carbocycles. The van der Waals surface area contributed by atoms with E-state index in [1.165, 1.54) is 0 Å². The van der Waals surface area contributed by atoms with Crippen molar-refractivity contribution in [2.24, 2.45) is 0 Å². The molecule has 0 radical (unpaired) electrons. The maximum atomic E-state index is 13.3. The fourth-order valence-electron chi connectivity index (χ4n) is 4.16. The molecule has 1 aromatic heterocycles. The number of fused-ring (bicyclic) bond motifs is 1. The molecule has 152 valence electrons. The zero-order valence-corrected chi connectivity index (χ0v) is 18.3. The summed E-state index contributed by atoms with van der Waals surface area (Å²) in [4.78, 5) is 0.367. The molecule has 7 heteroatoms. The molecule has 1 aliphatic heterocycles. The Labute approximate surface area is 172 Å². The molecule has 1 N–H and O–H groups in total. The molecule has 2 heterocycles. The van der Waals surface area contributed by atoms with Gasteiger partial charge in [-0.25, -0.2) is 8.42 Å². The van der Waals surface area contributed by atoms with Gasteiger partial charge in [-0.3, -0.25) is 4.72 Å². The highest BCUT2D eigenvalue weighted by Crippen LogP contribution is 2.32. The molecule has 4 rings (SSSR count). The molecule has 0 amide bonds. The number of nitrogens with zero attached hydrogens (tertiary/aromatic N) is 3. The Hall–Kier alpha value is -2.67. The topological polar surface area (TPSA) is 76.9 Å². The van der Waals surface area contributed by atoms with Gasteiger partial charge in [-0.05, 0) is 81.0 Å². The Kier molecular flexibility index (Phi) is 4.73. The van der Waals surface area contributed by atoms with Crippen LogP contribution in [0.5, 0.6) is 0 Å². The van der Waals surface area contributed by atoms with E-state index in [1.54, 1.807) is 6.07 Å². The summed E-state index contributed by atoms with van der Waals surface area (Å²) in [5.74, 6) is 1.77. The third kappa shape index (κ3) is 3.23. The standard InChI is InChI=1S/C22H26N4O2S/c1-13-14(2)16(4)21(17(5)15(13)3)29(27,28)25-19-9-6-8-18(12-19)22-24-23-20-10-7-11-26(20)22/h6,8-9,12,25H,7,10-11H2,1-5H3. The van der Waals surface area contributed by atoms with Crippen molar-refractivity contribution in [2.45, 2.75) is 58.9 Å². The van der Waals surface area contributed by atoms with Gasteiger partial charge in [0.15, 0.2) is 5.82 Å². The summed E-state index contributed by atoms with van der Waals surface area (Å²) in [6, 6.07) is 7.37. The van der Waals surface area contributed by atoms with Crippen LogP contribution in [-0.4, -0.2) is 23.2 Å². The molecule has 0 bridgehead atoms. The average molecular weight is 411 g/mol. The van der Waals surface area contributed by atoms with Crippen molar-refractivity contribution in [3.8, 4) is 11.4 Å². The van der Waals surface area contributed by atoms with Crippen molar-refractivity contribution in [2.75, 3.05) is 4.72 Å². The van der Waals surface area contributed by atoms with Gasteiger partial charge in [-0.2, -0.15) is 0 Å². The minimum atomic E-state index is -3.73. The Morgan fingerprint density at radius 2 is 1.59 bits per heavy atom. The molecule has 1 aliphatic rings.